The van der Waals surface area contributed by atoms with Crippen LogP contribution in [0.25, 0.3) is 10.8 Å². The molecule has 2 aromatic carbocycles. The van der Waals surface area contributed by atoms with Crippen LogP contribution in [0.5, 0.6) is 0 Å². The molecule has 0 bridgehead atoms. The van der Waals surface area contributed by atoms with Crippen molar-refractivity contribution < 1.29 is 13.7 Å². The average molecular weight is 354 g/mol. The Bertz CT molecular complexity index is 1030. The van der Waals surface area contributed by atoms with Gasteiger partial charge in [-0.1, -0.05) is 54.6 Å². The highest BCUT2D eigenvalue weighted by Crippen LogP contribution is 2.24. The Balaban J connectivity index is 1.98. The van der Waals surface area contributed by atoms with Crippen LogP contribution in [-0.2, 0) is 21.1 Å². The summed E-state index contributed by atoms with van der Waals surface area (Å²) in [6, 6.07) is 18.5. The first-order valence-corrected chi connectivity index (χ1v) is 10.0. The molecule has 0 spiro atoms. The highest BCUT2D eigenvalue weighted by Gasteiger charge is 2.15. The maximum Gasteiger partial charge on any atom is 0.358 e. The number of esters is 1. The van der Waals surface area contributed by atoms with Crippen molar-refractivity contribution in [1.29, 1.82) is 0 Å². The second-order valence-corrected chi connectivity index (χ2v) is 8.43. The lowest BCUT2D eigenvalue weighted by Crippen LogP contribution is -2.08. The van der Waals surface area contributed by atoms with E-state index in [9.17, 15) is 9.00 Å². The summed E-state index contributed by atoms with van der Waals surface area (Å²) in [5, 5.41) is 1.48. The Labute approximate surface area is 146 Å². The van der Waals surface area contributed by atoms with Crippen LogP contribution in [0.4, 0.5) is 5.82 Å². The fourth-order valence-electron chi connectivity index (χ4n) is 2.40. The molecule has 0 saturated heterocycles. The van der Waals surface area contributed by atoms with Crippen LogP contribution in [0, 0.1) is 0 Å². The lowest BCUT2D eigenvalue weighted by Gasteiger charge is -2.08. The molecule has 3 rings (SSSR count). The number of ether oxygens (including phenoxy) is 1. The first-order valence-electron chi connectivity index (χ1n) is 7.70. The van der Waals surface area contributed by atoms with Gasteiger partial charge in [0.15, 0.2) is 11.5 Å². The Morgan fingerprint density at radius 3 is 2.48 bits per heavy atom. The van der Waals surface area contributed by atoms with E-state index in [-0.39, 0.29) is 18.1 Å². The van der Waals surface area contributed by atoms with Crippen molar-refractivity contribution in [1.82, 2.24) is 4.98 Å². The van der Waals surface area contributed by atoms with Crippen molar-refractivity contribution in [3.05, 3.63) is 71.9 Å². The number of benzene rings is 2. The van der Waals surface area contributed by atoms with Crippen molar-refractivity contribution in [2.75, 3.05) is 12.5 Å². The maximum atomic E-state index is 12.6. The summed E-state index contributed by atoms with van der Waals surface area (Å²) in [4.78, 5) is 16.8. The third-order valence-electron chi connectivity index (χ3n) is 3.45. The first-order chi connectivity index (χ1) is 11.9. The van der Waals surface area contributed by atoms with Crippen LogP contribution in [0.2, 0.25) is 0 Å². The molecule has 0 aliphatic carbocycles. The van der Waals surface area contributed by atoms with E-state index >= 15 is 0 Å². The molecule has 0 aliphatic rings. The van der Waals surface area contributed by atoms with Crippen molar-refractivity contribution in [2.45, 2.75) is 6.61 Å². The molecular weight excluding hydrogens is 336 g/mol. The molecule has 25 heavy (non-hydrogen) atoms. The lowest BCUT2D eigenvalue weighted by atomic mass is 10.1. The zero-order chi connectivity index (χ0) is 17.9. The van der Waals surface area contributed by atoms with E-state index in [1.165, 1.54) is 12.5 Å². The first kappa shape index (κ1) is 17.1. The van der Waals surface area contributed by atoms with E-state index in [4.69, 9.17) is 4.74 Å². The van der Waals surface area contributed by atoms with E-state index < -0.39 is 15.7 Å². The Morgan fingerprint density at radius 2 is 1.76 bits per heavy atom. The number of hydrogen-bond donors (Lipinski definition) is 0. The topological polar surface area (TPSA) is 68.6 Å². The molecule has 6 heteroatoms. The van der Waals surface area contributed by atoms with E-state index in [1.807, 2.05) is 48.5 Å². The summed E-state index contributed by atoms with van der Waals surface area (Å²) in [5.74, 6) is -0.267. The number of carbonyl (C=O) groups excluding carboxylic acids is 1. The van der Waals surface area contributed by atoms with Gasteiger partial charge in [0.05, 0.1) is 0 Å². The predicted molar refractivity (Wildman–Crippen MR) is 99.4 cm³/mol. The molecule has 5 nitrogen and oxygen atoms in total. The van der Waals surface area contributed by atoms with Crippen molar-refractivity contribution >= 4 is 32.3 Å². The molecule has 0 atom stereocenters. The molecule has 0 saturated carbocycles. The number of nitrogens with zero attached hydrogens (tertiary/aromatic N) is 2. The number of rotatable bonds is 4. The second-order valence-electron chi connectivity index (χ2n) is 5.88. The number of pyridine rings is 1. The standard InChI is InChI=1S/C19H18N2O3S/c1-25(2,23)21-17-12-15-10-6-7-11-16(15)18(20-17)19(22)24-13-14-8-4-3-5-9-14/h3-12H,13H2,1-2H3. The Morgan fingerprint density at radius 1 is 1.08 bits per heavy atom. The number of fused-ring (bicyclic) bond motifs is 1. The fourth-order valence-corrected chi connectivity index (χ4v) is 2.95. The van der Waals surface area contributed by atoms with E-state index in [0.717, 1.165) is 10.9 Å². The quantitative estimate of drug-likeness (QED) is 0.665. The minimum Gasteiger partial charge on any atom is -0.456 e. The van der Waals surface area contributed by atoms with E-state index in [1.54, 1.807) is 12.1 Å². The molecule has 0 fully saturated rings. The van der Waals surface area contributed by atoms with Crippen LogP contribution in [0.1, 0.15) is 16.1 Å². The van der Waals surface area contributed by atoms with Crippen LogP contribution in [-0.4, -0.2) is 27.7 Å². The summed E-state index contributed by atoms with van der Waals surface area (Å²) in [7, 11) is -2.38. The SMILES string of the molecule is CS(C)(=O)=Nc1cc2ccccc2c(C(=O)OCc2ccccc2)n1. The predicted octanol–water partition coefficient (Wildman–Crippen LogP) is 3.95. The van der Waals surface area contributed by atoms with Gasteiger partial charge in [-0.05, 0) is 17.0 Å². The largest absolute Gasteiger partial charge is 0.456 e. The molecule has 1 heterocycles. The second kappa shape index (κ2) is 7.03. The van der Waals surface area contributed by atoms with Crippen LogP contribution < -0.4 is 0 Å². The van der Waals surface area contributed by atoms with Gasteiger partial charge >= 0.3 is 5.97 Å². The zero-order valence-electron chi connectivity index (χ0n) is 14.0. The molecule has 0 N–H and O–H groups in total. The van der Waals surface area contributed by atoms with Gasteiger partial charge in [0.2, 0.25) is 0 Å². The highest BCUT2D eigenvalue weighted by atomic mass is 32.2. The molecule has 128 valence electrons. The van der Waals surface area contributed by atoms with Gasteiger partial charge in [0.1, 0.15) is 6.61 Å². The lowest BCUT2D eigenvalue weighted by molar-refractivity contribution is 0.0468. The van der Waals surface area contributed by atoms with Gasteiger partial charge in [-0.2, -0.15) is 4.36 Å². The number of hydrogen-bond acceptors (Lipinski definition) is 5. The number of aromatic nitrogens is 1. The highest BCUT2D eigenvalue weighted by molar-refractivity contribution is 7.92. The van der Waals surface area contributed by atoms with Crippen molar-refractivity contribution in [3.8, 4) is 0 Å². The summed E-state index contributed by atoms with van der Waals surface area (Å²) >= 11 is 0. The summed E-state index contributed by atoms with van der Waals surface area (Å²) in [5.41, 5.74) is 1.07. The Hall–Kier alpha value is -2.73. The van der Waals surface area contributed by atoms with Crippen molar-refractivity contribution in [2.24, 2.45) is 4.36 Å². The smallest absolute Gasteiger partial charge is 0.358 e. The average Bonchev–Trinajstić information content (AvgIpc) is 2.58. The molecule has 0 aliphatic heterocycles. The minimum absolute atomic E-state index is 0.162. The normalized spacial score (nSPS) is 11.3. The van der Waals surface area contributed by atoms with Gasteiger partial charge in [-0.3, -0.25) is 0 Å². The molecule has 0 radical (unpaired) electrons. The van der Waals surface area contributed by atoms with Crippen LogP contribution >= 0.6 is 0 Å². The minimum atomic E-state index is -2.38. The van der Waals surface area contributed by atoms with E-state index in [0.29, 0.717) is 5.39 Å². The monoisotopic (exact) mass is 354 g/mol. The third-order valence-corrected chi connectivity index (χ3v) is 4.07. The molecule has 0 amide bonds. The molecule has 1 aromatic heterocycles. The maximum absolute atomic E-state index is 12.6. The summed E-state index contributed by atoms with van der Waals surface area (Å²) in [6.45, 7) is 0.162. The van der Waals surface area contributed by atoms with E-state index in [2.05, 4.69) is 9.35 Å². The van der Waals surface area contributed by atoms with Gasteiger partial charge < -0.3 is 4.74 Å². The van der Waals surface area contributed by atoms with Crippen LogP contribution in [0.3, 0.4) is 0 Å². The van der Waals surface area contributed by atoms with Gasteiger partial charge in [0, 0.05) is 27.6 Å². The molecular formula is C19H18N2O3S. The zero-order valence-corrected chi connectivity index (χ0v) is 14.8. The van der Waals surface area contributed by atoms with Gasteiger partial charge in [-0.25, -0.2) is 14.0 Å². The Kier molecular flexibility index (Phi) is 4.81. The summed E-state index contributed by atoms with van der Waals surface area (Å²) < 4.78 is 21.5. The third kappa shape index (κ3) is 4.42. The van der Waals surface area contributed by atoms with Gasteiger partial charge in [-0.15, -0.1) is 0 Å². The molecule has 0 unspecified atom stereocenters. The van der Waals surface area contributed by atoms with Crippen LogP contribution in [0.15, 0.2) is 65.0 Å². The summed E-state index contributed by atoms with van der Waals surface area (Å²) in [6.07, 6.45) is 3.05. The molecule has 3 aromatic rings. The number of carbonyl (C=O) groups is 1. The fraction of sp³-hybridized carbons (Fsp3) is 0.158. The van der Waals surface area contributed by atoms with Gasteiger partial charge in [0.25, 0.3) is 0 Å². The van der Waals surface area contributed by atoms with Crippen molar-refractivity contribution in [3.63, 3.8) is 0 Å².